The Kier molecular flexibility index (Phi) is 5.76. The first-order valence-corrected chi connectivity index (χ1v) is 7.21. The molecule has 0 unspecified atom stereocenters. The summed E-state index contributed by atoms with van der Waals surface area (Å²) in [6, 6.07) is 7.95. The fourth-order valence-corrected chi connectivity index (χ4v) is 2.60. The van der Waals surface area contributed by atoms with Crippen LogP contribution in [0.2, 0.25) is 0 Å². The average molecular weight is 291 g/mol. The minimum Gasteiger partial charge on any atom is -0.409 e. The van der Waals surface area contributed by atoms with E-state index in [1.54, 1.807) is 11.9 Å². The maximum Gasteiger partial charge on any atom is 0.236 e. The molecule has 0 aliphatic heterocycles. The second-order valence-electron chi connectivity index (χ2n) is 5.36. The molecule has 0 aliphatic carbocycles. The number of amidine groups is 1. The predicted octanol–water partition coefficient (Wildman–Crippen LogP) is 2.51. The number of rotatable bonds is 6. The number of carbonyl (C=O) groups excluding carboxylic acids is 1. The van der Waals surface area contributed by atoms with E-state index < -0.39 is 5.41 Å². The van der Waals surface area contributed by atoms with Crippen molar-refractivity contribution in [3.63, 3.8) is 0 Å². The van der Waals surface area contributed by atoms with E-state index in [4.69, 9.17) is 10.9 Å². The first-order chi connectivity index (χ1) is 9.92. The summed E-state index contributed by atoms with van der Waals surface area (Å²) in [6.45, 7) is 6.28. The number of carbonyl (C=O) groups is 1. The van der Waals surface area contributed by atoms with Crippen LogP contribution >= 0.6 is 0 Å². The van der Waals surface area contributed by atoms with Crippen LogP contribution in [0.4, 0.5) is 0 Å². The number of nitrogens with zero attached hydrogens (tertiary/aromatic N) is 2. The first kappa shape index (κ1) is 17.0. The third-order valence-corrected chi connectivity index (χ3v) is 4.23. The smallest absolute Gasteiger partial charge is 0.236 e. The fourth-order valence-electron chi connectivity index (χ4n) is 2.60. The Balaban J connectivity index is 3.02. The molecule has 1 aromatic carbocycles. The molecule has 0 saturated carbocycles. The molecule has 5 heteroatoms. The van der Waals surface area contributed by atoms with Crippen molar-refractivity contribution in [2.45, 2.75) is 40.2 Å². The third-order valence-electron chi connectivity index (χ3n) is 4.23. The van der Waals surface area contributed by atoms with Crippen LogP contribution in [0, 0.1) is 12.3 Å². The van der Waals surface area contributed by atoms with Crippen molar-refractivity contribution in [1.29, 1.82) is 0 Å². The molecule has 1 amide bonds. The zero-order chi connectivity index (χ0) is 16.0. The highest BCUT2D eigenvalue weighted by Crippen LogP contribution is 2.29. The van der Waals surface area contributed by atoms with Crippen molar-refractivity contribution in [3.8, 4) is 0 Å². The lowest BCUT2D eigenvalue weighted by Gasteiger charge is -2.33. The molecule has 0 heterocycles. The van der Waals surface area contributed by atoms with Gasteiger partial charge in [0.25, 0.3) is 0 Å². The quantitative estimate of drug-likeness (QED) is 0.366. The molecule has 1 aromatic rings. The second-order valence-corrected chi connectivity index (χ2v) is 5.36. The van der Waals surface area contributed by atoms with E-state index in [0.29, 0.717) is 19.4 Å². The summed E-state index contributed by atoms with van der Waals surface area (Å²) < 4.78 is 0. The molecule has 0 fully saturated rings. The highest BCUT2D eigenvalue weighted by molar-refractivity contribution is 6.06. The van der Waals surface area contributed by atoms with Crippen molar-refractivity contribution in [1.82, 2.24) is 4.90 Å². The summed E-state index contributed by atoms with van der Waals surface area (Å²) in [5.74, 6) is -0.139. The van der Waals surface area contributed by atoms with Gasteiger partial charge < -0.3 is 15.8 Å². The van der Waals surface area contributed by atoms with E-state index >= 15 is 0 Å². The van der Waals surface area contributed by atoms with Crippen LogP contribution in [0.1, 0.15) is 37.8 Å². The molecule has 0 spiro atoms. The molecule has 0 aliphatic rings. The predicted molar refractivity (Wildman–Crippen MR) is 84.1 cm³/mol. The number of amides is 1. The monoisotopic (exact) mass is 291 g/mol. The zero-order valence-electron chi connectivity index (χ0n) is 13.3. The molecule has 5 nitrogen and oxygen atoms in total. The van der Waals surface area contributed by atoms with Crippen LogP contribution in [0.3, 0.4) is 0 Å². The Morgan fingerprint density at radius 3 is 2.38 bits per heavy atom. The number of aryl methyl sites for hydroxylation is 1. The molecular formula is C16H25N3O2. The highest BCUT2D eigenvalue weighted by Gasteiger charge is 2.41. The second kappa shape index (κ2) is 7.11. The molecule has 3 N–H and O–H groups in total. The SMILES string of the molecule is CCC(CC)(C(=O)N(C)Cc1ccccc1C)C(N)=NO. The van der Waals surface area contributed by atoms with E-state index in [9.17, 15) is 4.79 Å². The van der Waals surface area contributed by atoms with Crippen LogP contribution in [0.15, 0.2) is 29.4 Å². The number of hydrogen-bond donors (Lipinski definition) is 2. The summed E-state index contributed by atoms with van der Waals surface area (Å²) in [6.07, 6.45) is 0.993. The van der Waals surface area contributed by atoms with Crippen LogP contribution in [-0.4, -0.2) is 28.9 Å². The van der Waals surface area contributed by atoms with Gasteiger partial charge in [-0.05, 0) is 30.9 Å². The van der Waals surface area contributed by atoms with Crippen molar-refractivity contribution in [2.24, 2.45) is 16.3 Å². The van der Waals surface area contributed by atoms with Gasteiger partial charge in [0.1, 0.15) is 5.41 Å². The topological polar surface area (TPSA) is 78.9 Å². The largest absolute Gasteiger partial charge is 0.409 e. The summed E-state index contributed by atoms with van der Waals surface area (Å²) in [5, 5.41) is 12.1. The lowest BCUT2D eigenvalue weighted by atomic mass is 9.79. The Labute approximate surface area is 126 Å². The molecule has 116 valence electrons. The first-order valence-electron chi connectivity index (χ1n) is 7.21. The normalized spacial score (nSPS) is 12.3. The van der Waals surface area contributed by atoms with Crippen molar-refractivity contribution in [3.05, 3.63) is 35.4 Å². The fraction of sp³-hybridized carbons (Fsp3) is 0.500. The number of benzene rings is 1. The Morgan fingerprint density at radius 1 is 1.33 bits per heavy atom. The molecule has 0 atom stereocenters. The summed E-state index contributed by atoms with van der Waals surface area (Å²) in [7, 11) is 1.75. The summed E-state index contributed by atoms with van der Waals surface area (Å²) >= 11 is 0. The Morgan fingerprint density at radius 2 is 1.90 bits per heavy atom. The molecule has 1 rings (SSSR count). The zero-order valence-corrected chi connectivity index (χ0v) is 13.3. The van der Waals surface area contributed by atoms with Gasteiger partial charge in [0, 0.05) is 13.6 Å². The molecule has 0 aromatic heterocycles. The van der Waals surface area contributed by atoms with Crippen molar-refractivity contribution >= 4 is 11.7 Å². The minimum absolute atomic E-state index is 0.0193. The van der Waals surface area contributed by atoms with Crippen LogP contribution in [0.25, 0.3) is 0 Å². The van der Waals surface area contributed by atoms with E-state index in [1.807, 2.05) is 45.0 Å². The van der Waals surface area contributed by atoms with Crippen molar-refractivity contribution in [2.75, 3.05) is 7.05 Å². The minimum atomic E-state index is -0.938. The van der Waals surface area contributed by atoms with E-state index in [0.717, 1.165) is 11.1 Å². The van der Waals surface area contributed by atoms with E-state index in [-0.39, 0.29) is 11.7 Å². The highest BCUT2D eigenvalue weighted by atomic mass is 16.4. The number of oxime groups is 1. The molecule has 21 heavy (non-hydrogen) atoms. The Bertz CT molecular complexity index is 522. The molecular weight excluding hydrogens is 266 g/mol. The van der Waals surface area contributed by atoms with Crippen molar-refractivity contribution < 1.29 is 10.0 Å². The summed E-state index contributed by atoms with van der Waals surface area (Å²) in [4.78, 5) is 14.4. The van der Waals surface area contributed by atoms with Gasteiger partial charge in [-0.1, -0.05) is 43.3 Å². The van der Waals surface area contributed by atoms with Crippen LogP contribution in [-0.2, 0) is 11.3 Å². The Hall–Kier alpha value is -2.04. The lowest BCUT2D eigenvalue weighted by Crippen LogP contribution is -2.49. The van der Waals surface area contributed by atoms with Crippen LogP contribution < -0.4 is 5.73 Å². The average Bonchev–Trinajstić information content (AvgIpc) is 2.50. The van der Waals surface area contributed by atoms with Gasteiger partial charge >= 0.3 is 0 Å². The van der Waals surface area contributed by atoms with Gasteiger partial charge in [-0.25, -0.2) is 0 Å². The molecule has 0 bridgehead atoms. The van der Waals surface area contributed by atoms with Gasteiger partial charge in [0.2, 0.25) is 5.91 Å². The number of nitrogens with two attached hydrogens (primary N) is 1. The third kappa shape index (κ3) is 3.35. The summed E-state index contributed by atoms with van der Waals surface area (Å²) in [5.41, 5.74) is 7.08. The molecule has 0 saturated heterocycles. The standard InChI is InChI=1S/C16H25N3O2/c1-5-16(6-2,14(17)18-21)15(20)19(4)11-13-10-8-7-9-12(13)3/h7-10,21H,5-6,11H2,1-4H3,(H2,17,18). The van der Waals surface area contributed by atoms with Gasteiger partial charge in [0.05, 0.1) is 0 Å². The van der Waals surface area contributed by atoms with Gasteiger partial charge in [-0.2, -0.15) is 0 Å². The van der Waals surface area contributed by atoms with Gasteiger partial charge in [-0.15, -0.1) is 0 Å². The molecule has 0 radical (unpaired) electrons. The van der Waals surface area contributed by atoms with Gasteiger partial charge in [-0.3, -0.25) is 4.79 Å². The lowest BCUT2D eigenvalue weighted by molar-refractivity contribution is -0.138. The van der Waals surface area contributed by atoms with E-state index in [2.05, 4.69) is 5.16 Å². The number of hydrogen-bond acceptors (Lipinski definition) is 3. The maximum absolute atomic E-state index is 12.8. The maximum atomic E-state index is 12.8. The van der Waals surface area contributed by atoms with Crippen LogP contribution in [0.5, 0.6) is 0 Å². The van der Waals surface area contributed by atoms with Gasteiger partial charge in [0.15, 0.2) is 5.84 Å². The van der Waals surface area contributed by atoms with E-state index in [1.165, 1.54) is 0 Å².